The van der Waals surface area contributed by atoms with E-state index in [1.165, 1.54) is 0 Å². The fraction of sp³-hybridized carbons (Fsp3) is 0.429. The van der Waals surface area contributed by atoms with Gasteiger partial charge in [-0.05, 0) is 6.42 Å². The summed E-state index contributed by atoms with van der Waals surface area (Å²) in [6, 6.07) is 0. The first-order valence-electron chi connectivity index (χ1n) is 4.20. The molecule has 9 heteroatoms. The molecular weight excluding hydrogens is 263 g/mol. The molecule has 0 aliphatic rings. The molecule has 16 heavy (non-hydrogen) atoms. The smallest absolute Gasteiger partial charge is 0.299 e. The number of aryl methyl sites for hydroxylation is 1. The van der Waals surface area contributed by atoms with Crippen molar-refractivity contribution in [2.45, 2.75) is 17.9 Å². The van der Waals surface area contributed by atoms with E-state index in [2.05, 4.69) is 0 Å². The summed E-state index contributed by atoms with van der Waals surface area (Å²) in [5.74, 6) is 0. The van der Waals surface area contributed by atoms with Crippen molar-refractivity contribution >= 4 is 19.7 Å². The van der Waals surface area contributed by atoms with E-state index in [9.17, 15) is 22.4 Å². The van der Waals surface area contributed by atoms with Gasteiger partial charge in [-0.3, -0.25) is 18.7 Å². The zero-order chi connectivity index (χ0) is 12.3. The van der Waals surface area contributed by atoms with E-state index in [0.717, 1.165) is 10.8 Å². The normalized spacial score (nSPS) is 11.6. The first-order valence-corrected chi connectivity index (χ1v) is 6.51. The Labute approximate surface area is 94.1 Å². The Morgan fingerprint density at radius 1 is 1.44 bits per heavy atom. The number of hydrogen-bond acceptors (Lipinski definition) is 4. The Bertz CT molecular complexity index is 591. The molecule has 0 saturated heterocycles. The minimum absolute atomic E-state index is 0.0354. The predicted molar refractivity (Wildman–Crippen MR) is 55.0 cm³/mol. The summed E-state index contributed by atoms with van der Waals surface area (Å²) >= 11 is 0. The maximum atomic E-state index is 11.9. The highest BCUT2D eigenvalue weighted by Crippen LogP contribution is 2.07. The molecule has 0 unspecified atom stereocenters. The summed E-state index contributed by atoms with van der Waals surface area (Å²) < 4.78 is 34.7. The molecule has 0 aromatic carbocycles. The lowest BCUT2D eigenvalue weighted by Crippen LogP contribution is -2.32. The molecule has 1 aromatic rings. The fourth-order valence-corrected chi connectivity index (χ4v) is 1.91. The van der Waals surface area contributed by atoms with Crippen LogP contribution in [0.5, 0.6) is 0 Å². The molecular formula is C7H8ClFN2O4S. The van der Waals surface area contributed by atoms with Crippen LogP contribution in [0.3, 0.4) is 0 Å². The van der Waals surface area contributed by atoms with Gasteiger partial charge in [-0.25, -0.2) is 13.2 Å². The van der Waals surface area contributed by atoms with Crippen molar-refractivity contribution < 1.29 is 12.8 Å². The van der Waals surface area contributed by atoms with Crippen LogP contribution in [0.25, 0.3) is 0 Å². The van der Waals surface area contributed by atoms with Crippen molar-refractivity contribution in [1.29, 1.82) is 0 Å². The summed E-state index contributed by atoms with van der Waals surface area (Å²) in [6.45, 7) is -0.694. The maximum Gasteiger partial charge on any atom is 0.328 e. The predicted octanol–water partition coefficient (Wildman–Crippen LogP) is -0.176. The van der Waals surface area contributed by atoms with Gasteiger partial charge in [0, 0.05) is 23.4 Å². The first kappa shape index (κ1) is 12.9. The van der Waals surface area contributed by atoms with Crippen LogP contribution < -0.4 is 11.2 Å². The second-order valence-corrected chi connectivity index (χ2v) is 5.46. The molecule has 1 N–H and O–H groups in total. The lowest BCUT2D eigenvalue weighted by atomic mass is 10.4. The monoisotopic (exact) mass is 270 g/mol. The second-order valence-electron chi connectivity index (χ2n) is 2.93. The summed E-state index contributed by atoms with van der Waals surface area (Å²) in [7, 11) is 0.762. The highest BCUT2D eigenvalue weighted by Gasteiger charge is 2.16. The molecule has 1 rings (SSSR count). The standard InChI is InChI=1S/C7H8ClFN2O4S/c8-16(14,15)5-4-11(3-1-2-9)7(13)10-6(5)12/h4H,1-3H2,(H,10,12,13). The van der Waals surface area contributed by atoms with Gasteiger partial charge < -0.3 is 0 Å². The average Bonchev–Trinajstić information content (AvgIpc) is 2.14. The van der Waals surface area contributed by atoms with Crippen molar-refractivity contribution in [3.05, 3.63) is 27.0 Å². The molecule has 0 fully saturated rings. The Kier molecular flexibility index (Phi) is 3.87. The largest absolute Gasteiger partial charge is 0.328 e. The molecule has 1 heterocycles. The minimum atomic E-state index is -4.22. The van der Waals surface area contributed by atoms with Crippen molar-refractivity contribution in [3.8, 4) is 0 Å². The SMILES string of the molecule is O=c1[nH]c(=O)n(CCCF)cc1S(=O)(=O)Cl. The van der Waals surface area contributed by atoms with Crippen molar-refractivity contribution in [3.63, 3.8) is 0 Å². The van der Waals surface area contributed by atoms with Crippen LogP contribution in [0.4, 0.5) is 4.39 Å². The number of hydrogen-bond donors (Lipinski definition) is 1. The molecule has 1 aromatic heterocycles. The first-order chi connectivity index (χ1) is 7.36. The van der Waals surface area contributed by atoms with Gasteiger partial charge in [0.05, 0.1) is 6.67 Å². The Hall–Kier alpha value is -1.15. The van der Waals surface area contributed by atoms with Gasteiger partial charge in [-0.15, -0.1) is 0 Å². The quantitative estimate of drug-likeness (QED) is 0.769. The summed E-state index contributed by atoms with van der Waals surface area (Å²) in [5, 5.41) is 0. The summed E-state index contributed by atoms with van der Waals surface area (Å²) in [4.78, 5) is 23.3. The second kappa shape index (κ2) is 4.79. The van der Waals surface area contributed by atoms with E-state index >= 15 is 0 Å². The van der Waals surface area contributed by atoms with E-state index in [1.54, 1.807) is 4.98 Å². The molecule has 6 nitrogen and oxygen atoms in total. The van der Waals surface area contributed by atoms with Gasteiger partial charge in [0.2, 0.25) is 0 Å². The van der Waals surface area contributed by atoms with Crippen molar-refractivity contribution in [2.75, 3.05) is 6.67 Å². The van der Waals surface area contributed by atoms with E-state index in [1.807, 2.05) is 0 Å². The average molecular weight is 271 g/mol. The van der Waals surface area contributed by atoms with Crippen LogP contribution in [-0.4, -0.2) is 24.6 Å². The number of halogens is 2. The Balaban J connectivity index is 3.34. The fourth-order valence-electron chi connectivity index (χ4n) is 1.06. The van der Waals surface area contributed by atoms with Crippen LogP contribution in [0.1, 0.15) is 6.42 Å². The summed E-state index contributed by atoms with van der Waals surface area (Å²) in [5.41, 5.74) is -1.89. The van der Waals surface area contributed by atoms with Crippen molar-refractivity contribution in [2.24, 2.45) is 0 Å². The molecule has 0 saturated carbocycles. The van der Waals surface area contributed by atoms with Gasteiger partial charge in [-0.1, -0.05) is 0 Å². The number of aromatic nitrogens is 2. The topological polar surface area (TPSA) is 89.0 Å². The molecule has 0 amide bonds. The molecule has 0 bridgehead atoms. The third-order valence-electron chi connectivity index (χ3n) is 1.77. The van der Waals surface area contributed by atoms with Gasteiger partial charge >= 0.3 is 5.69 Å². The van der Waals surface area contributed by atoms with Crippen LogP contribution >= 0.6 is 10.7 Å². The van der Waals surface area contributed by atoms with Gasteiger partial charge in [0.25, 0.3) is 14.6 Å². The Morgan fingerprint density at radius 2 is 2.06 bits per heavy atom. The maximum absolute atomic E-state index is 11.9. The van der Waals surface area contributed by atoms with E-state index in [-0.39, 0.29) is 13.0 Å². The number of H-pyrrole nitrogens is 1. The summed E-state index contributed by atoms with van der Waals surface area (Å²) in [6.07, 6.45) is 0.840. The van der Waals surface area contributed by atoms with Crippen LogP contribution in [-0.2, 0) is 15.6 Å². The molecule has 0 aliphatic carbocycles. The molecule has 0 radical (unpaired) electrons. The Morgan fingerprint density at radius 3 is 2.56 bits per heavy atom. The van der Waals surface area contributed by atoms with Crippen LogP contribution in [0.15, 0.2) is 20.7 Å². The number of nitrogens with one attached hydrogen (secondary N) is 1. The van der Waals surface area contributed by atoms with Crippen LogP contribution in [0, 0.1) is 0 Å². The van der Waals surface area contributed by atoms with E-state index in [0.29, 0.717) is 0 Å². The number of alkyl halides is 1. The number of nitrogens with zero attached hydrogens (tertiary/aromatic N) is 1. The van der Waals surface area contributed by atoms with Gasteiger partial charge in [-0.2, -0.15) is 0 Å². The number of aromatic amines is 1. The highest BCUT2D eigenvalue weighted by atomic mass is 35.7. The van der Waals surface area contributed by atoms with Crippen molar-refractivity contribution in [1.82, 2.24) is 9.55 Å². The van der Waals surface area contributed by atoms with Crippen LogP contribution in [0.2, 0.25) is 0 Å². The van der Waals surface area contributed by atoms with Gasteiger partial charge in [0.15, 0.2) is 4.90 Å². The lowest BCUT2D eigenvalue weighted by molar-refractivity contribution is 0.439. The highest BCUT2D eigenvalue weighted by molar-refractivity contribution is 8.13. The lowest BCUT2D eigenvalue weighted by Gasteiger charge is -2.03. The molecule has 0 atom stereocenters. The zero-order valence-electron chi connectivity index (χ0n) is 7.94. The minimum Gasteiger partial charge on any atom is -0.299 e. The third kappa shape index (κ3) is 2.92. The number of rotatable bonds is 4. The molecule has 0 spiro atoms. The molecule has 90 valence electrons. The van der Waals surface area contributed by atoms with E-state index in [4.69, 9.17) is 10.7 Å². The van der Waals surface area contributed by atoms with Gasteiger partial charge in [0.1, 0.15) is 0 Å². The third-order valence-corrected chi connectivity index (χ3v) is 3.09. The van der Waals surface area contributed by atoms with E-state index < -0.39 is 31.9 Å². The molecule has 0 aliphatic heterocycles. The zero-order valence-corrected chi connectivity index (χ0v) is 9.52.